The van der Waals surface area contributed by atoms with Gasteiger partial charge in [0.15, 0.2) is 0 Å². The van der Waals surface area contributed by atoms with Crippen LogP contribution in [0.15, 0.2) is 60.8 Å². The second kappa shape index (κ2) is 8.04. The molecule has 0 spiro atoms. The van der Waals surface area contributed by atoms with E-state index in [2.05, 4.69) is 42.3 Å². The van der Waals surface area contributed by atoms with Gasteiger partial charge in [-0.3, -0.25) is 4.79 Å². The summed E-state index contributed by atoms with van der Waals surface area (Å²) >= 11 is 0. The highest BCUT2D eigenvalue weighted by Crippen LogP contribution is 2.28. The number of amides is 1. The summed E-state index contributed by atoms with van der Waals surface area (Å²) in [7, 11) is 0. The van der Waals surface area contributed by atoms with Crippen LogP contribution in [0.5, 0.6) is 11.5 Å². The summed E-state index contributed by atoms with van der Waals surface area (Å²) in [5.41, 5.74) is 4.01. The number of ether oxygens (including phenoxy) is 1. The average molecular weight is 360 g/mol. The normalized spacial score (nSPS) is 10.7. The molecule has 0 saturated heterocycles. The molecule has 0 aliphatic carbocycles. The Morgan fingerprint density at radius 1 is 1.00 bits per heavy atom. The number of carbonyl (C=O) groups is 1. The summed E-state index contributed by atoms with van der Waals surface area (Å²) < 4.78 is 5.98. The van der Waals surface area contributed by atoms with Gasteiger partial charge in [-0.25, -0.2) is 4.98 Å². The molecule has 0 bridgehead atoms. The van der Waals surface area contributed by atoms with Crippen molar-refractivity contribution in [2.75, 3.05) is 5.32 Å². The number of benzene rings is 2. The molecular weight excluding hydrogens is 336 g/mol. The Bertz CT molecular complexity index is 930. The van der Waals surface area contributed by atoms with Crippen LogP contribution in [-0.4, -0.2) is 10.9 Å². The first-order valence-electron chi connectivity index (χ1n) is 9.05. The molecule has 0 aliphatic heterocycles. The van der Waals surface area contributed by atoms with Crippen LogP contribution in [-0.2, 0) is 0 Å². The Morgan fingerprint density at radius 3 is 2.37 bits per heavy atom. The van der Waals surface area contributed by atoms with E-state index in [1.54, 1.807) is 30.5 Å². The standard InChI is InChI=1S/C23H24N2O2/c1-15(2)19-10-7-17(4)21(13-19)27-20-11-12-22(24-14-20)25-23(26)18-8-5-16(3)6-9-18/h5-15H,1-4H3,(H,24,25,26). The maximum absolute atomic E-state index is 12.3. The molecule has 27 heavy (non-hydrogen) atoms. The van der Waals surface area contributed by atoms with Gasteiger partial charge in [0.2, 0.25) is 0 Å². The first-order valence-corrected chi connectivity index (χ1v) is 9.05. The van der Waals surface area contributed by atoms with E-state index < -0.39 is 0 Å². The van der Waals surface area contributed by atoms with Gasteiger partial charge in [-0.2, -0.15) is 0 Å². The third-order valence-electron chi connectivity index (χ3n) is 4.40. The first kappa shape index (κ1) is 18.6. The molecule has 1 amide bonds. The molecule has 1 N–H and O–H groups in total. The van der Waals surface area contributed by atoms with Crippen molar-refractivity contribution in [2.24, 2.45) is 0 Å². The van der Waals surface area contributed by atoms with Crippen LogP contribution < -0.4 is 10.1 Å². The van der Waals surface area contributed by atoms with E-state index in [0.717, 1.165) is 16.9 Å². The largest absolute Gasteiger partial charge is 0.455 e. The number of pyridine rings is 1. The molecule has 0 radical (unpaired) electrons. The average Bonchev–Trinajstić information content (AvgIpc) is 2.65. The highest BCUT2D eigenvalue weighted by molar-refractivity contribution is 6.03. The summed E-state index contributed by atoms with van der Waals surface area (Å²) in [4.78, 5) is 16.6. The van der Waals surface area contributed by atoms with Crippen molar-refractivity contribution in [2.45, 2.75) is 33.6 Å². The van der Waals surface area contributed by atoms with Gasteiger partial charge in [-0.15, -0.1) is 0 Å². The number of aryl methyl sites for hydroxylation is 2. The van der Waals surface area contributed by atoms with Crippen molar-refractivity contribution in [3.05, 3.63) is 83.0 Å². The summed E-state index contributed by atoms with van der Waals surface area (Å²) in [6.45, 7) is 8.31. The van der Waals surface area contributed by atoms with Gasteiger partial charge in [0.1, 0.15) is 17.3 Å². The van der Waals surface area contributed by atoms with Crippen LogP contribution >= 0.6 is 0 Å². The molecule has 138 valence electrons. The van der Waals surface area contributed by atoms with E-state index >= 15 is 0 Å². The van der Waals surface area contributed by atoms with E-state index in [1.807, 2.05) is 26.0 Å². The van der Waals surface area contributed by atoms with Gasteiger partial charge >= 0.3 is 0 Å². The molecule has 0 saturated carbocycles. The Labute approximate surface area is 160 Å². The molecular formula is C23H24N2O2. The number of rotatable bonds is 5. The van der Waals surface area contributed by atoms with Crippen LogP contribution in [0.4, 0.5) is 5.82 Å². The molecule has 0 unspecified atom stereocenters. The second-order valence-electron chi connectivity index (χ2n) is 6.98. The molecule has 0 fully saturated rings. The summed E-state index contributed by atoms with van der Waals surface area (Å²) in [5.74, 6) is 2.19. The van der Waals surface area contributed by atoms with Gasteiger partial charge in [0, 0.05) is 5.56 Å². The van der Waals surface area contributed by atoms with Gasteiger partial charge < -0.3 is 10.1 Å². The van der Waals surface area contributed by atoms with Crippen molar-refractivity contribution in [1.82, 2.24) is 4.98 Å². The van der Waals surface area contributed by atoms with Crippen molar-refractivity contribution in [3.8, 4) is 11.5 Å². The molecule has 4 nitrogen and oxygen atoms in total. The van der Waals surface area contributed by atoms with Gasteiger partial charge in [0.05, 0.1) is 6.20 Å². The summed E-state index contributed by atoms with van der Waals surface area (Å²) in [6.07, 6.45) is 1.62. The minimum Gasteiger partial charge on any atom is -0.455 e. The van der Waals surface area contributed by atoms with Crippen molar-refractivity contribution in [1.29, 1.82) is 0 Å². The zero-order chi connectivity index (χ0) is 19.4. The minimum atomic E-state index is -0.184. The number of nitrogens with one attached hydrogen (secondary N) is 1. The fraction of sp³-hybridized carbons (Fsp3) is 0.217. The quantitative estimate of drug-likeness (QED) is 0.619. The van der Waals surface area contributed by atoms with E-state index in [9.17, 15) is 4.79 Å². The Kier molecular flexibility index (Phi) is 5.55. The van der Waals surface area contributed by atoms with Crippen molar-refractivity contribution < 1.29 is 9.53 Å². The highest BCUT2D eigenvalue weighted by Gasteiger charge is 2.09. The van der Waals surface area contributed by atoms with E-state index in [4.69, 9.17) is 4.74 Å². The van der Waals surface area contributed by atoms with Gasteiger partial charge in [-0.05, 0) is 61.2 Å². The predicted molar refractivity (Wildman–Crippen MR) is 109 cm³/mol. The van der Waals surface area contributed by atoms with Crippen LogP contribution in [0.25, 0.3) is 0 Å². The molecule has 1 aromatic heterocycles. The zero-order valence-corrected chi connectivity index (χ0v) is 16.1. The predicted octanol–water partition coefficient (Wildman–Crippen LogP) is 5.87. The lowest BCUT2D eigenvalue weighted by Crippen LogP contribution is -2.12. The van der Waals surface area contributed by atoms with Gasteiger partial charge in [0.25, 0.3) is 5.91 Å². The monoisotopic (exact) mass is 360 g/mol. The second-order valence-corrected chi connectivity index (χ2v) is 6.98. The Hall–Kier alpha value is -3.14. The van der Waals surface area contributed by atoms with Crippen LogP contribution in [0.2, 0.25) is 0 Å². The van der Waals surface area contributed by atoms with Crippen molar-refractivity contribution in [3.63, 3.8) is 0 Å². The summed E-state index contributed by atoms with van der Waals surface area (Å²) in [6, 6.07) is 17.2. The number of anilines is 1. The number of carbonyl (C=O) groups excluding carboxylic acids is 1. The lowest BCUT2D eigenvalue weighted by molar-refractivity contribution is 0.102. The first-order chi connectivity index (χ1) is 12.9. The Morgan fingerprint density at radius 2 is 1.74 bits per heavy atom. The van der Waals surface area contributed by atoms with Crippen LogP contribution in [0.1, 0.15) is 46.8 Å². The number of nitrogens with zero attached hydrogens (tertiary/aromatic N) is 1. The van der Waals surface area contributed by atoms with E-state index in [1.165, 1.54) is 5.56 Å². The highest BCUT2D eigenvalue weighted by atomic mass is 16.5. The molecule has 3 rings (SSSR count). The van der Waals surface area contributed by atoms with E-state index in [0.29, 0.717) is 23.0 Å². The molecule has 3 aromatic rings. The van der Waals surface area contributed by atoms with Crippen LogP contribution in [0, 0.1) is 13.8 Å². The van der Waals surface area contributed by atoms with Crippen molar-refractivity contribution >= 4 is 11.7 Å². The number of aromatic nitrogens is 1. The fourth-order valence-electron chi connectivity index (χ4n) is 2.62. The number of hydrogen-bond donors (Lipinski definition) is 1. The molecule has 4 heteroatoms. The molecule has 1 heterocycles. The van der Waals surface area contributed by atoms with E-state index in [-0.39, 0.29) is 5.91 Å². The number of hydrogen-bond acceptors (Lipinski definition) is 3. The van der Waals surface area contributed by atoms with Crippen LogP contribution in [0.3, 0.4) is 0 Å². The molecule has 0 aliphatic rings. The SMILES string of the molecule is Cc1ccc(C(=O)Nc2ccc(Oc3cc(C(C)C)ccc3C)cn2)cc1. The maximum atomic E-state index is 12.3. The smallest absolute Gasteiger partial charge is 0.256 e. The topological polar surface area (TPSA) is 51.2 Å². The fourth-order valence-corrected chi connectivity index (χ4v) is 2.62. The third kappa shape index (κ3) is 4.73. The summed E-state index contributed by atoms with van der Waals surface area (Å²) in [5, 5.41) is 2.80. The molecule has 0 atom stereocenters. The maximum Gasteiger partial charge on any atom is 0.256 e. The lowest BCUT2D eigenvalue weighted by atomic mass is 10.0. The minimum absolute atomic E-state index is 0.184. The van der Waals surface area contributed by atoms with Gasteiger partial charge in [-0.1, -0.05) is 43.7 Å². The Balaban J connectivity index is 1.69. The lowest BCUT2D eigenvalue weighted by Gasteiger charge is -2.12. The zero-order valence-electron chi connectivity index (χ0n) is 16.1. The molecule has 2 aromatic carbocycles. The third-order valence-corrected chi connectivity index (χ3v) is 4.40.